The van der Waals surface area contributed by atoms with Crippen LogP contribution in [0, 0.1) is 6.92 Å². The van der Waals surface area contributed by atoms with Gasteiger partial charge in [-0.3, -0.25) is 4.79 Å². The molecule has 0 radical (unpaired) electrons. The zero-order chi connectivity index (χ0) is 17.5. The Labute approximate surface area is 136 Å². The van der Waals surface area contributed by atoms with E-state index in [0.717, 1.165) is 28.6 Å². The molecule has 3 nitrogen and oxygen atoms in total. The van der Waals surface area contributed by atoms with Crippen molar-refractivity contribution in [3.8, 4) is 0 Å². The van der Waals surface area contributed by atoms with E-state index >= 15 is 0 Å². The van der Waals surface area contributed by atoms with Crippen LogP contribution in [-0.4, -0.2) is 10.5 Å². The lowest BCUT2D eigenvalue weighted by Gasteiger charge is -2.10. The lowest BCUT2D eigenvalue weighted by Crippen LogP contribution is -2.17. The summed E-state index contributed by atoms with van der Waals surface area (Å²) in [5.41, 5.74) is 1.81. The number of hydrogen-bond acceptors (Lipinski definition) is 1. The number of benzene rings is 2. The summed E-state index contributed by atoms with van der Waals surface area (Å²) in [5, 5.41) is 3.62. The highest BCUT2D eigenvalue weighted by Gasteiger charge is 2.30. The number of halogens is 3. The van der Waals surface area contributed by atoms with Crippen molar-refractivity contribution in [2.75, 3.05) is 5.32 Å². The molecule has 0 saturated heterocycles. The van der Waals surface area contributed by atoms with Crippen LogP contribution < -0.4 is 5.32 Å². The Hall–Kier alpha value is -2.76. The standard InChI is InChI=1S/C18H15F3N2O/c1-11-14-5-3-4-6-15(14)23(2)16(11)17(24)22-13-9-7-12(8-10-13)18(19,20)21/h3-10H,1-2H3,(H,22,24). The number of fused-ring (bicyclic) bond motifs is 1. The van der Waals surface area contributed by atoms with Crippen LogP contribution in [0.5, 0.6) is 0 Å². The van der Waals surface area contributed by atoms with Crippen LogP contribution >= 0.6 is 0 Å². The Morgan fingerprint density at radius 2 is 1.67 bits per heavy atom. The summed E-state index contributed by atoms with van der Waals surface area (Å²) in [6.07, 6.45) is -4.39. The normalized spacial score (nSPS) is 11.7. The second-order valence-electron chi connectivity index (χ2n) is 5.58. The third-order valence-corrected chi connectivity index (χ3v) is 4.05. The van der Waals surface area contributed by atoms with Crippen LogP contribution in [0.2, 0.25) is 0 Å². The Bertz CT molecular complexity index is 869. The van der Waals surface area contributed by atoms with E-state index in [9.17, 15) is 18.0 Å². The Kier molecular flexibility index (Phi) is 3.83. The molecule has 6 heteroatoms. The molecule has 0 aliphatic carbocycles. The number of carbonyl (C=O) groups excluding carboxylic acids is 1. The lowest BCUT2D eigenvalue weighted by molar-refractivity contribution is -0.137. The maximum absolute atomic E-state index is 12.6. The van der Waals surface area contributed by atoms with E-state index in [1.54, 1.807) is 11.6 Å². The van der Waals surface area contributed by atoms with Crippen LogP contribution in [0.3, 0.4) is 0 Å². The Balaban J connectivity index is 1.91. The van der Waals surface area contributed by atoms with E-state index in [1.807, 2.05) is 31.2 Å². The first-order valence-corrected chi connectivity index (χ1v) is 7.31. The van der Waals surface area contributed by atoms with E-state index in [-0.39, 0.29) is 5.91 Å². The highest BCUT2D eigenvalue weighted by molar-refractivity contribution is 6.08. The van der Waals surface area contributed by atoms with Crippen molar-refractivity contribution < 1.29 is 18.0 Å². The van der Waals surface area contributed by atoms with E-state index < -0.39 is 11.7 Å². The number of nitrogens with zero attached hydrogens (tertiary/aromatic N) is 1. The van der Waals surface area contributed by atoms with Crippen LogP contribution in [0.25, 0.3) is 10.9 Å². The van der Waals surface area contributed by atoms with E-state index in [2.05, 4.69) is 5.32 Å². The summed E-state index contributed by atoms with van der Waals surface area (Å²) < 4.78 is 39.5. The van der Waals surface area contributed by atoms with Crippen molar-refractivity contribution in [3.63, 3.8) is 0 Å². The smallest absolute Gasteiger partial charge is 0.339 e. The zero-order valence-corrected chi connectivity index (χ0v) is 13.1. The third-order valence-electron chi connectivity index (χ3n) is 4.05. The first-order valence-electron chi connectivity index (χ1n) is 7.31. The Morgan fingerprint density at radius 1 is 1.04 bits per heavy atom. The molecule has 3 rings (SSSR count). The molecule has 24 heavy (non-hydrogen) atoms. The maximum Gasteiger partial charge on any atom is 0.416 e. The average Bonchev–Trinajstić information content (AvgIpc) is 2.79. The predicted octanol–water partition coefficient (Wildman–Crippen LogP) is 4.76. The van der Waals surface area contributed by atoms with Gasteiger partial charge in [-0.1, -0.05) is 18.2 Å². The second-order valence-corrected chi connectivity index (χ2v) is 5.58. The van der Waals surface area contributed by atoms with Crippen LogP contribution in [0.1, 0.15) is 21.6 Å². The number of carbonyl (C=O) groups is 1. The Morgan fingerprint density at radius 3 is 2.25 bits per heavy atom. The summed E-state index contributed by atoms with van der Waals surface area (Å²) in [4.78, 5) is 12.6. The fourth-order valence-corrected chi connectivity index (χ4v) is 2.84. The van der Waals surface area contributed by atoms with Gasteiger partial charge < -0.3 is 9.88 Å². The molecule has 0 atom stereocenters. The molecule has 0 unspecified atom stereocenters. The maximum atomic E-state index is 12.6. The SMILES string of the molecule is Cc1c(C(=O)Nc2ccc(C(F)(F)F)cc2)n(C)c2ccccc12. The molecular weight excluding hydrogens is 317 g/mol. The largest absolute Gasteiger partial charge is 0.416 e. The number of alkyl halides is 3. The van der Waals surface area contributed by atoms with Gasteiger partial charge in [0.05, 0.1) is 5.56 Å². The molecule has 0 aliphatic heterocycles. The fourth-order valence-electron chi connectivity index (χ4n) is 2.84. The summed E-state index contributed by atoms with van der Waals surface area (Å²) in [5.74, 6) is -0.356. The number of anilines is 1. The lowest BCUT2D eigenvalue weighted by atomic mass is 10.1. The number of nitrogens with one attached hydrogen (secondary N) is 1. The number of amides is 1. The average molecular weight is 332 g/mol. The van der Waals surface area contributed by atoms with Crippen molar-refractivity contribution >= 4 is 22.5 Å². The second kappa shape index (κ2) is 5.70. The first-order chi connectivity index (χ1) is 11.3. The first kappa shape index (κ1) is 16.1. The molecule has 0 saturated carbocycles. The van der Waals surface area contributed by atoms with Crippen LogP contribution in [0.4, 0.5) is 18.9 Å². The summed E-state index contributed by atoms with van der Waals surface area (Å²) in [7, 11) is 1.79. The van der Waals surface area contributed by atoms with Crippen molar-refractivity contribution in [3.05, 3.63) is 65.4 Å². The molecule has 0 bridgehead atoms. The van der Waals surface area contributed by atoms with E-state index in [0.29, 0.717) is 11.4 Å². The molecule has 1 heterocycles. The van der Waals surface area contributed by atoms with Gasteiger partial charge in [-0.15, -0.1) is 0 Å². The minimum Gasteiger partial charge on any atom is -0.339 e. The quantitative estimate of drug-likeness (QED) is 0.721. The zero-order valence-electron chi connectivity index (χ0n) is 13.1. The van der Waals surface area contributed by atoms with E-state index in [4.69, 9.17) is 0 Å². The fraction of sp³-hybridized carbons (Fsp3) is 0.167. The summed E-state index contributed by atoms with van der Waals surface area (Å²) in [6, 6.07) is 12.0. The van der Waals surface area contributed by atoms with Gasteiger partial charge in [0.1, 0.15) is 5.69 Å². The molecule has 2 aromatic carbocycles. The predicted molar refractivity (Wildman–Crippen MR) is 87.1 cm³/mol. The number of aryl methyl sites for hydroxylation is 2. The van der Waals surface area contributed by atoms with Gasteiger partial charge in [0, 0.05) is 23.6 Å². The molecule has 124 valence electrons. The van der Waals surface area contributed by atoms with Crippen molar-refractivity contribution in [1.82, 2.24) is 4.57 Å². The molecule has 3 aromatic rings. The topological polar surface area (TPSA) is 34.0 Å². The number of aromatic nitrogens is 1. The van der Waals surface area contributed by atoms with Gasteiger partial charge in [-0.2, -0.15) is 13.2 Å². The molecule has 1 N–H and O–H groups in total. The van der Waals surface area contributed by atoms with Crippen LogP contribution in [0.15, 0.2) is 48.5 Å². The van der Waals surface area contributed by atoms with Gasteiger partial charge in [0.25, 0.3) is 5.91 Å². The van der Waals surface area contributed by atoms with Gasteiger partial charge in [0.2, 0.25) is 0 Å². The summed E-state index contributed by atoms with van der Waals surface area (Å²) in [6.45, 7) is 1.85. The number of para-hydroxylation sites is 1. The highest BCUT2D eigenvalue weighted by Crippen LogP contribution is 2.30. The van der Waals surface area contributed by atoms with Crippen molar-refractivity contribution in [2.24, 2.45) is 7.05 Å². The van der Waals surface area contributed by atoms with Crippen molar-refractivity contribution in [2.45, 2.75) is 13.1 Å². The minimum absolute atomic E-state index is 0.317. The van der Waals surface area contributed by atoms with E-state index in [1.165, 1.54) is 12.1 Å². The van der Waals surface area contributed by atoms with Crippen molar-refractivity contribution in [1.29, 1.82) is 0 Å². The van der Waals surface area contributed by atoms with Crippen LogP contribution in [-0.2, 0) is 13.2 Å². The van der Waals surface area contributed by atoms with Gasteiger partial charge in [0.15, 0.2) is 0 Å². The highest BCUT2D eigenvalue weighted by atomic mass is 19.4. The van der Waals surface area contributed by atoms with Gasteiger partial charge in [-0.25, -0.2) is 0 Å². The third kappa shape index (κ3) is 2.75. The molecule has 1 aromatic heterocycles. The number of rotatable bonds is 2. The molecular formula is C18H15F3N2O. The molecule has 0 fully saturated rings. The number of hydrogen-bond donors (Lipinski definition) is 1. The van der Waals surface area contributed by atoms with Gasteiger partial charge >= 0.3 is 6.18 Å². The minimum atomic E-state index is -4.39. The monoisotopic (exact) mass is 332 g/mol. The van der Waals surface area contributed by atoms with Gasteiger partial charge in [-0.05, 0) is 42.8 Å². The summed E-state index contributed by atoms with van der Waals surface area (Å²) >= 11 is 0. The molecule has 0 spiro atoms. The molecule has 0 aliphatic rings. The molecule has 1 amide bonds.